The number of anilines is 1. The fourth-order valence-electron chi connectivity index (χ4n) is 2.07. The molecule has 0 atom stereocenters. The number of amides is 1. The Morgan fingerprint density at radius 3 is 2.57 bits per heavy atom. The number of nitrogens with one attached hydrogen (secondary N) is 1. The third kappa shape index (κ3) is 4.06. The Hall–Kier alpha value is -1.98. The zero-order valence-corrected chi connectivity index (χ0v) is 14.6. The first kappa shape index (κ1) is 15.9. The quantitative estimate of drug-likeness (QED) is 0.580. The molecule has 0 spiro atoms. The van der Waals surface area contributed by atoms with Crippen molar-refractivity contribution in [1.29, 1.82) is 0 Å². The molecule has 23 heavy (non-hydrogen) atoms. The van der Waals surface area contributed by atoms with Crippen molar-refractivity contribution in [3.8, 4) is 0 Å². The molecule has 2 aromatic carbocycles. The lowest BCUT2D eigenvalue weighted by Crippen LogP contribution is -2.13. The summed E-state index contributed by atoms with van der Waals surface area (Å²) >= 11 is 5.09. The summed E-state index contributed by atoms with van der Waals surface area (Å²) < 4.78 is 6.22. The van der Waals surface area contributed by atoms with Crippen molar-refractivity contribution in [3.63, 3.8) is 0 Å². The number of rotatable bonds is 5. The molecule has 1 amide bonds. The van der Waals surface area contributed by atoms with Gasteiger partial charge in [0.2, 0.25) is 0 Å². The average Bonchev–Trinajstić information content (AvgIpc) is 3.05. The van der Waals surface area contributed by atoms with E-state index in [1.54, 1.807) is 18.0 Å². The summed E-state index contributed by atoms with van der Waals surface area (Å²) in [5.41, 5.74) is 1.60. The molecule has 0 aliphatic rings. The van der Waals surface area contributed by atoms with Crippen molar-refractivity contribution < 1.29 is 9.21 Å². The van der Waals surface area contributed by atoms with Crippen molar-refractivity contribution in [2.75, 3.05) is 5.32 Å². The van der Waals surface area contributed by atoms with Crippen LogP contribution in [0.5, 0.6) is 0 Å². The molecule has 1 N–H and O–H groups in total. The molecule has 0 aliphatic carbocycles. The van der Waals surface area contributed by atoms with Gasteiger partial charge in [-0.3, -0.25) is 4.79 Å². The van der Waals surface area contributed by atoms with Gasteiger partial charge in [-0.15, -0.1) is 11.8 Å². The van der Waals surface area contributed by atoms with Crippen molar-refractivity contribution in [1.82, 2.24) is 0 Å². The first-order valence-corrected chi connectivity index (χ1v) is 8.82. The van der Waals surface area contributed by atoms with Gasteiger partial charge in [-0.1, -0.05) is 30.3 Å². The maximum Gasteiger partial charge on any atom is 0.291 e. The van der Waals surface area contributed by atoms with Crippen LogP contribution in [-0.4, -0.2) is 5.91 Å². The third-order valence-electron chi connectivity index (χ3n) is 3.21. The van der Waals surface area contributed by atoms with Gasteiger partial charge in [0.05, 0.1) is 12.0 Å². The average molecular weight is 388 g/mol. The van der Waals surface area contributed by atoms with E-state index in [2.05, 4.69) is 21.2 Å². The van der Waals surface area contributed by atoms with Gasteiger partial charge in [0, 0.05) is 20.7 Å². The summed E-state index contributed by atoms with van der Waals surface area (Å²) in [4.78, 5) is 13.6. The summed E-state index contributed by atoms with van der Waals surface area (Å²) in [6, 6.07) is 19.4. The lowest BCUT2D eigenvalue weighted by molar-refractivity contribution is 0.0995. The van der Waals surface area contributed by atoms with Gasteiger partial charge >= 0.3 is 0 Å². The van der Waals surface area contributed by atoms with Crippen LogP contribution in [0.4, 0.5) is 5.69 Å². The van der Waals surface area contributed by atoms with E-state index in [0.29, 0.717) is 11.5 Å². The summed E-state index contributed by atoms with van der Waals surface area (Å²) in [7, 11) is 0. The zero-order valence-electron chi connectivity index (χ0n) is 12.2. The second-order valence-electron chi connectivity index (χ2n) is 4.81. The molecule has 0 saturated carbocycles. The number of hydrogen-bond donors (Lipinski definition) is 1. The minimum atomic E-state index is -0.245. The Kier molecular flexibility index (Phi) is 5.20. The second kappa shape index (κ2) is 7.53. The summed E-state index contributed by atoms with van der Waals surface area (Å²) in [5, 5.41) is 2.86. The molecule has 0 radical (unpaired) electrons. The minimum absolute atomic E-state index is 0.245. The highest BCUT2D eigenvalue weighted by Crippen LogP contribution is 2.26. The third-order valence-corrected chi connectivity index (χ3v) is 4.96. The molecule has 0 unspecified atom stereocenters. The molecule has 3 aromatic rings. The molecule has 0 bridgehead atoms. The molecule has 116 valence electrons. The van der Waals surface area contributed by atoms with E-state index in [0.717, 1.165) is 20.6 Å². The maximum absolute atomic E-state index is 12.4. The van der Waals surface area contributed by atoms with Crippen LogP contribution in [0.25, 0.3) is 0 Å². The van der Waals surface area contributed by atoms with E-state index in [1.165, 1.54) is 0 Å². The van der Waals surface area contributed by atoms with E-state index in [-0.39, 0.29) is 5.91 Å². The predicted octanol–water partition coefficient (Wildman–Crippen LogP) is 5.59. The van der Waals surface area contributed by atoms with Crippen LogP contribution < -0.4 is 5.32 Å². The number of thioether (sulfide) groups is 1. The monoisotopic (exact) mass is 387 g/mol. The van der Waals surface area contributed by atoms with Crippen LogP contribution in [0, 0.1) is 0 Å². The highest BCUT2D eigenvalue weighted by Gasteiger charge is 2.16. The summed E-state index contributed by atoms with van der Waals surface area (Å²) in [5.74, 6) is 0.786. The lowest BCUT2D eigenvalue weighted by Gasteiger charge is -2.07. The predicted molar refractivity (Wildman–Crippen MR) is 96.8 cm³/mol. The van der Waals surface area contributed by atoms with Crippen molar-refractivity contribution in [2.24, 2.45) is 0 Å². The van der Waals surface area contributed by atoms with E-state index < -0.39 is 0 Å². The van der Waals surface area contributed by atoms with Crippen LogP contribution in [0.3, 0.4) is 0 Å². The highest BCUT2D eigenvalue weighted by molar-refractivity contribution is 9.10. The number of benzene rings is 2. The Morgan fingerprint density at radius 1 is 1.04 bits per heavy atom. The van der Waals surface area contributed by atoms with Crippen molar-refractivity contribution in [3.05, 3.63) is 82.7 Å². The van der Waals surface area contributed by atoms with Gasteiger partial charge in [0.1, 0.15) is 0 Å². The largest absolute Gasteiger partial charge is 0.459 e. The molecular formula is C18H14BrNO2S. The first-order valence-electron chi connectivity index (χ1n) is 7.04. The molecule has 0 fully saturated rings. The van der Waals surface area contributed by atoms with Gasteiger partial charge in [0.25, 0.3) is 5.91 Å². The van der Waals surface area contributed by atoms with E-state index in [4.69, 9.17) is 4.42 Å². The number of carbonyl (C=O) groups excluding carboxylic acids is 1. The van der Waals surface area contributed by atoms with Crippen molar-refractivity contribution in [2.45, 2.75) is 10.6 Å². The lowest BCUT2D eigenvalue weighted by atomic mass is 10.2. The fraction of sp³-hybridized carbons (Fsp3) is 0.0556. The Labute approximate surface area is 147 Å². The first-order chi connectivity index (χ1) is 11.2. The summed E-state index contributed by atoms with van der Waals surface area (Å²) in [6.45, 7) is 0. The van der Waals surface area contributed by atoms with Crippen molar-refractivity contribution >= 4 is 39.3 Å². The van der Waals surface area contributed by atoms with Crippen LogP contribution in [0.15, 0.2) is 80.7 Å². The maximum atomic E-state index is 12.4. The standard InChI is InChI=1S/C18H14BrNO2S/c19-15-8-4-5-9-16(15)20-18(21)17-13(10-11-22-17)12-23-14-6-2-1-3-7-14/h1-11H,12H2,(H,20,21). The molecule has 1 aromatic heterocycles. The van der Waals surface area contributed by atoms with Crippen LogP contribution in [-0.2, 0) is 5.75 Å². The number of furan rings is 1. The molecule has 3 rings (SSSR count). The number of hydrogen-bond acceptors (Lipinski definition) is 3. The number of carbonyl (C=O) groups is 1. The van der Waals surface area contributed by atoms with Gasteiger partial charge in [-0.2, -0.15) is 0 Å². The zero-order chi connectivity index (χ0) is 16.1. The second-order valence-corrected chi connectivity index (χ2v) is 6.71. The van der Waals surface area contributed by atoms with Gasteiger partial charge in [0.15, 0.2) is 5.76 Å². The number of halogens is 1. The van der Waals surface area contributed by atoms with Gasteiger partial charge in [-0.05, 0) is 46.3 Å². The molecule has 0 saturated heterocycles. The smallest absolute Gasteiger partial charge is 0.291 e. The van der Waals surface area contributed by atoms with Crippen LogP contribution in [0.2, 0.25) is 0 Å². The molecular weight excluding hydrogens is 374 g/mol. The molecule has 1 heterocycles. The highest BCUT2D eigenvalue weighted by atomic mass is 79.9. The number of para-hydroxylation sites is 1. The molecule has 0 aliphatic heterocycles. The molecule has 3 nitrogen and oxygen atoms in total. The minimum Gasteiger partial charge on any atom is -0.459 e. The van der Waals surface area contributed by atoms with Gasteiger partial charge in [-0.25, -0.2) is 0 Å². The van der Waals surface area contributed by atoms with E-state index >= 15 is 0 Å². The van der Waals surface area contributed by atoms with Crippen LogP contribution in [0.1, 0.15) is 16.1 Å². The SMILES string of the molecule is O=C(Nc1ccccc1Br)c1occc1CSc1ccccc1. The topological polar surface area (TPSA) is 42.2 Å². The fourth-order valence-corrected chi connectivity index (χ4v) is 3.35. The van der Waals surface area contributed by atoms with Gasteiger partial charge < -0.3 is 9.73 Å². The Balaban J connectivity index is 1.70. The van der Waals surface area contributed by atoms with E-state index in [1.807, 2.05) is 60.7 Å². The normalized spacial score (nSPS) is 10.5. The summed E-state index contributed by atoms with van der Waals surface area (Å²) in [6.07, 6.45) is 1.55. The molecule has 5 heteroatoms. The van der Waals surface area contributed by atoms with Crippen LogP contribution >= 0.6 is 27.7 Å². The Bertz CT molecular complexity index is 802. The Morgan fingerprint density at radius 2 is 1.78 bits per heavy atom. The van der Waals surface area contributed by atoms with E-state index in [9.17, 15) is 4.79 Å².